The SMILES string of the molecule is C[C@H](O)c1nccn1Cc1cc(-c2ccc(C#CCCCCN)cc2)on1. The van der Waals surface area contributed by atoms with Crippen LogP contribution in [0.5, 0.6) is 0 Å². The summed E-state index contributed by atoms with van der Waals surface area (Å²) in [7, 11) is 0. The van der Waals surface area contributed by atoms with Gasteiger partial charge in [-0.15, -0.1) is 0 Å². The molecule has 3 N–H and O–H groups in total. The Kier molecular flexibility index (Phi) is 6.42. The van der Waals surface area contributed by atoms with E-state index in [9.17, 15) is 5.11 Å². The Morgan fingerprint density at radius 1 is 1.26 bits per heavy atom. The van der Waals surface area contributed by atoms with E-state index in [0.29, 0.717) is 18.1 Å². The normalized spacial score (nSPS) is 11.8. The molecule has 1 aromatic carbocycles. The minimum Gasteiger partial charge on any atom is -0.385 e. The lowest BCUT2D eigenvalue weighted by molar-refractivity contribution is 0.184. The average Bonchev–Trinajstić information content (AvgIpc) is 3.32. The molecule has 0 radical (unpaired) electrons. The Labute approximate surface area is 159 Å². The van der Waals surface area contributed by atoms with Crippen LogP contribution in [0, 0.1) is 11.8 Å². The third-order valence-corrected chi connectivity index (χ3v) is 4.17. The van der Waals surface area contributed by atoms with E-state index in [1.807, 2.05) is 41.1 Å². The zero-order chi connectivity index (χ0) is 19.1. The number of benzene rings is 1. The lowest BCUT2D eigenvalue weighted by Gasteiger charge is -2.07. The number of nitrogens with two attached hydrogens (primary N) is 1. The smallest absolute Gasteiger partial charge is 0.167 e. The van der Waals surface area contributed by atoms with Crippen LogP contribution >= 0.6 is 0 Å². The van der Waals surface area contributed by atoms with Crippen LogP contribution in [0.4, 0.5) is 0 Å². The zero-order valence-corrected chi connectivity index (χ0v) is 15.4. The van der Waals surface area contributed by atoms with Crippen molar-refractivity contribution < 1.29 is 9.63 Å². The van der Waals surface area contributed by atoms with E-state index in [0.717, 1.165) is 42.6 Å². The van der Waals surface area contributed by atoms with Crippen molar-refractivity contribution in [1.29, 1.82) is 0 Å². The number of aromatic nitrogens is 3. The molecule has 3 aromatic rings. The molecule has 140 valence electrons. The van der Waals surface area contributed by atoms with Crippen LogP contribution in [0.15, 0.2) is 47.2 Å². The maximum Gasteiger partial charge on any atom is 0.167 e. The van der Waals surface area contributed by atoms with E-state index in [1.165, 1.54) is 0 Å². The Morgan fingerprint density at radius 2 is 2.07 bits per heavy atom. The summed E-state index contributed by atoms with van der Waals surface area (Å²) in [5.41, 5.74) is 8.17. The Hall–Kier alpha value is -2.88. The minimum atomic E-state index is -0.629. The number of unbranched alkanes of at least 4 members (excludes halogenated alkanes) is 2. The summed E-state index contributed by atoms with van der Waals surface area (Å²) in [6, 6.07) is 9.82. The second-order valence-corrected chi connectivity index (χ2v) is 6.40. The van der Waals surface area contributed by atoms with Crippen molar-refractivity contribution >= 4 is 0 Å². The summed E-state index contributed by atoms with van der Waals surface area (Å²) < 4.78 is 7.33. The van der Waals surface area contributed by atoms with Crippen molar-refractivity contribution in [2.45, 2.75) is 38.8 Å². The van der Waals surface area contributed by atoms with Crippen molar-refractivity contribution in [2.75, 3.05) is 6.54 Å². The van der Waals surface area contributed by atoms with Gasteiger partial charge >= 0.3 is 0 Å². The highest BCUT2D eigenvalue weighted by molar-refractivity contribution is 5.59. The molecule has 0 aliphatic carbocycles. The van der Waals surface area contributed by atoms with Gasteiger partial charge < -0.3 is 19.9 Å². The fourth-order valence-corrected chi connectivity index (χ4v) is 2.76. The molecule has 0 bridgehead atoms. The van der Waals surface area contributed by atoms with Crippen LogP contribution in [-0.2, 0) is 6.54 Å². The molecule has 0 unspecified atom stereocenters. The summed E-state index contributed by atoms with van der Waals surface area (Å²) in [4.78, 5) is 4.16. The number of hydrogen-bond acceptors (Lipinski definition) is 5. The van der Waals surface area contributed by atoms with Crippen LogP contribution in [0.3, 0.4) is 0 Å². The fraction of sp³-hybridized carbons (Fsp3) is 0.333. The highest BCUT2D eigenvalue weighted by Crippen LogP contribution is 2.22. The first-order valence-corrected chi connectivity index (χ1v) is 9.11. The van der Waals surface area contributed by atoms with E-state index in [4.69, 9.17) is 10.3 Å². The van der Waals surface area contributed by atoms with Gasteiger partial charge in [0.2, 0.25) is 0 Å². The van der Waals surface area contributed by atoms with Crippen LogP contribution in [-0.4, -0.2) is 26.4 Å². The first-order chi connectivity index (χ1) is 13.2. The summed E-state index contributed by atoms with van der Waals surface area (Å²) in [5.74, 6) is 7.64. The first kappa shape index (κ1) is 18.9. The van der Waals surface area contributed by atoms with Gasteiger partial charge in [-0.3, -0.25) is 0 Å². The molecule has 0 spiro atoms. The number of aliphatic hydroxyl groups excluding tert-OH is 1. The number of rotatable bonds is 7. The number of imidazole rings is 1. The van der Waals surface area contributed by atoms with Crippen molar-refractivity contribution in [3.8, 4) is 23.2 Å². The number of aliphatic hydroxyl groups is 1. The second-order valence-electron chi connectivity index (χ2n) is 6.40. The third-order valence-electron chi connectivity index (χ3n) is 4.17. The Morgan fingerprint density at radius 3 is 2.81 bits per heavy atom. The van der Waals surface area contributed by atoms with E-state index < -0.39 is 6.10 Å². The van der Waals surface area contributed by atoms with Gasteiger partial charge in [-0.1, -0.05) is 17.0 Å². The van der Waals surface area contributed by atoms with Crippen LogP contribution in [0.2, 0.25) is 0 Å². The van der Waals surface area contributed by atoms with Gasteiger partial charge in [0.05, 0.1) is 6.54 Å². The van der Waals surface area contributed by atoms with Gasteiger partial charge in [0.25, 0.3) is 0 Å². The largest absolute Gasteiger partial charge is 0.385 e. The highest BCUT2D eigenvalue weighted by atomic mass is 16.5. The molecule has 0 saturated heterocycles. The van der Waals surface area contributed by atoms with E-state index in [-0.39, 0.29) is 0 Å². The fourth-order valence-electron chi connectivity index (χ4n) is 2.76. The van der Waals surface area contributed by atoms with Gasteiger partial charge in [0.1, 0.15) is 17.6 Å². The zero-order valence-electron chi connectivity index (χ0n) is 15.4. The van der Waals surface area contributed by atoms with Gasteiger partial charge in [-0.25, -0.2) is 4.98 Å². The van der Waals surface area contributed by atoms with Gasteiger partial charge in [0.15, 0.2) is 5.76 Å². The molecule has 6 nitrogen and oxygen atoms in total. The lowest BCUT2D eigenvalue weighted by atomic mass is 10.1. The number of hydrogen-bond donors (Lipinski definition) is 2. The maximum atomic E-state index is 9.74. The van der Waals surface area contributed by atoms with Crippen LogP contribution in [0.25, 0.3) is 11.3 Å². The van der Waals surface area contributed by atoms with Crippen LogP contribution in [0.1, 0.15) is 49.4 Å². The summed E-state index contributed by atoms with van der Waals surface area (Å²) in [6.45, 7) is 2.91. The average molecular weight is 364 g/mol. The van der Waals surface area contributed by atoms with Gasteiger partial charge in [-0.2, -0.15) is 0 Å². The molecule has 0 fully saturated rings. The van der Waals surface area contributed by atoms with Gasteiger partial charge in [-0.05, 0) is 50.6 Å². The molecular formula is C21H24N4O2. The molecule has 1 atom stereocenters. The molecule has 3 rings (SSSR count). The molecule has 0 aliphatic heterocycles. The number of nitrogens with zero attached hydrogens (tertiary/aromatic N) is 3. The highest BCUT2D eigenvalue weighted by Gasteiger charge is 2.12. The predicted molar refractivity (Wildman–Crippen MR) is 104 cm³/mol. The van der Waals surface area contributed by atoms with Crippen molar-refractivity contribution in [1.82, 2.24) is 14.7 Å². The Balaban J connectivity index is 1.65. The first-order valence-electron chi connectivity index (χ1n) is 9.11. The minimum absolute atomic E-state index is 0.496. The van der Waals surface area contributed by atoms with E-state index >= 15 is 0 Å². The topological polar surface area (TPSA) is 90.1 Å². The molecular weight excluding hydrogens is 340 g/mol. The van der Waals surface area contributed by atoms with Crippen LogP contribution < -0.4 is 5.73 Å². The Bertz CT molecular complexity index is 914. The molecule has 0 amide bonds. The molecule has 0 saturated carbocycles. The second kappa shape index (κ2) is 9.17. The molecule has 2 heterocycles. The molecule has 6 heteroatoms. The molecule has 27 heavy (non-hydrogen) atoms. The summed E-state index contributed by atoms with van der Waals surface area (Å²) in [5, 5.41) is 13.9. The lowest BCUT2D eigenvalue weighted by Crippen LogP contribution is -2.07. The van der Waals surface area contributed by atoms with Crippen molar-refractivity contribution in [3.63, 3.8) is 0 Å². The van der Waals surface area contributed by atoms with E-state index in [1.54, 1.807) is 13.1 Å². The monoisotopic (exact) mass is 364 g/mol. The van der Waals surface area contributed by atoms with E-state index in [2.05, 4.69) is 22.0 Å². The predicted octanol–water partition coefficient (Wildman–Crippen LogP) is 3.12. The molecule has 2 aromatic heterocycles. The van der Waals surface area contributed by atoms with Gasteiger partial charge in [0, 0.05) is 36.0 Å². The standard InChI is InChI=1S/C21H24N4O2/c1-16(26)21-23-12-13-25(21)15-19-14-20(27-24-19)18-9-7-17(8-10-18)6-4-2-3-5-11-22/h7-10,12-14,16,26H,2-3,5,11,15,22H2,1H3/t16-/m0/s1. The van der Waals surface area contributed by atoms with Crippen molar-refractivity contribution in [2.24, 2.45) is 5.73 Å². The summed E-state index contributed by atoms with van der Waals surface area (Å²) >= 11 is 0. The maximum absolute atomic E-state index is 9.74. The third kappa shape index (κ3) is 5.07. The quantitative estimate of drug-likeness (QED) is 0.497. The van der Waals surface area contributed by atoms with Crippen molar-refractivity contribution in [3.05, 3.63) is 59.8 Å². The summed E-state index contributed by atoms with van der Waals surface area (Å²) in [6.07, 6.45) is 5.77. The molecule has 0 aliphatic rings.